The molecule has 2 fully saturated rings. The van der Waals surface area contributed by atoms with Gasteiger partial charge in [-0.2, -0.15) is 0 Å². The van der Waals surface area contributed by atoms with Crippen LogP contribution < -0.4 is 4.90 Å². The summed E-state index contributed by atoms with van der Waals surface area (Å²) < 4.78 is 0. The van der Waals surface area contributed by atoms with Gasteiger partial charge in [0.2, 0.25) is 5.91 Å². The van der Waals surface area contributed by atoms with Gasteiger partial charge >= 0.3 is 0 Å². The van der Waals surface area contributed by atoms with Crippen LogP contribution in [0.5, 0.6) is 5.75 Å². The van der Waals surface area contributed by atoms with Crippen LogP contribution in [-0.2, 0) is 11.3 Å². The zero-order valence-corrected chi connectivity index (χ0v) is 16.0. The predicted octanol–water partition coefficient (Wildman–Crippen LogP) is 4.21. The Bertz CT molecular complexity index is 808. The van der Waals surface area contributed by atoms with Crippen LogP contribution >= 0.6 is 0 Å². The van der Waals surface area contributed by atoms with E-state index in [4.69, 9.17) is 0 Å². The lowest BCUT2D eigenvalue weighted by Gasteiger charge is -2.35. The van der Waals surface area contributed by atoms with E-state index in [1.165, 1.54) is 22.4 Å². The minimum absolute atomic E-state index is 0.284. The van der Waals surface area contributed by atoms with Gasteiger partial charge in [-0.1, -0.05) is 24.3 Å². The number of piperidine rings is 1. The maximum absolute atomic E-state index is 11.9. The van der Waals surface area contributed by atoms with Gasteiger partial charge in [-0.05, 0) is 67.0 Å². The smallest absolute Gasteiger partial charge is 0.222 e. The van der Waals surface area contributed by atoms with E-state index in [1.54, 1.807) is 12.1 Å². The first kappa shape index (κ1) is 17.9. The van der Waals surface area contributed by atoms with Gasteiger partial charge < -0.3 is 14.9 Å². The first-order valence-corrected chi connectivity index (χ1v) is 10.0. The Kier molecular flexibility index (Phi) is 5.06. The molecular weight excluding hydrogens is 336 g/mol. The zero-order valence-electron chi connectivity index (χ0n) is 16.0. The van der Waals surface area contributed by atoms with Crippen LogP contribution in [0, 0.1) is 6.92 Å². The summed E-state index contributed by atoms with van der Waals surface area (Å²) in [5.41, 5.74) is 5.16. The van der Waals surface area contributed by atoms with Crippen LogP contribution in [0.25, 0.3) is 0 Å². The van der Waals surface area contributed by atoms with Gasteiger partial charge in [-0.3, -0.25) is 4.79 Å². The number of amides is 1. The van der Waals surface area contributed by atoms with E-state index in [-0.39, 0.29) is 5.91 Å². The highest BCUT2D eigenvalue weighted by Gasteiger charge is 2.23. The Morgan fingerprint density at radius 3 is 2.44 bits per heavy atom. The summed E-state index contributed by atoms with van der Waals surface area (Å²) in [6.45, 7) is 5.87. The summed E-state index contributed by atoms with van der Waals surface area (Å²) >= 11 is 0. The molecular formula is C23H28N2O2. The molecule has 0 spiro atoms. The number of likely N-dealkylation sites (tertiary alicyclic amines) is 1. The van der Waals surface area contributed by atoms with Crippen LogP contribution in [-0.4, -0.2) is 35.5 Å². The molecule has 2 aliphatic rings. The third-order valence-corrected chi connectivity index (χ3v) is 6.02. The molecule has 4 rings (SSSR count). The molecule has 0 aliphatic carbocycles. The summed E-state index contributed by atoms with van der Waals surface area (Å²) in [7, 11) is 0. The van der Waals surface area contributed by atoms with E-state index >= 15 is 0 Å². The highest BCUT2D eigenvalue weighted by Crippen LogP contribution is 2.33. The van der Waals surface area contributed by atoms with Gasteiger partial charge in [0.15, 0.2) is 0 Å². The average Bonchev–Trinajstić information content (AvgIpc) is 3.09. The summed E-state index contributed by atoms with van der Waals surface area (Å²) in [6, 6.07) is 14.3. The van der Waals surface area contributed by atoms with E-state index in [9.17, 15) is 9.90 Å². The molecule has 2 aliphatic heterocycles. The fourth-order valence-electron chi connectivity index (χ4n) is 4.39. The third kappa shape index (κ3) is 3.95. The molecule has 0 bridgehead atoms. The second kappa shape index (κ2) is 7.63. The summed E-state index contributed by atoms with van der Waals surface area (Å²) in [4.78, 5) is 16.4. The quantitative estimate of drug-likeness (QED) is 0.884. The molecule has 2 heterocycles. The molecule has 4 nitrogen and oxygen atoms in total. The maximum atomic E-state index is 11.9. The molecule has 2 aromatic carbocycles. The van der Waals surface area contributed by atoms with Crippen molar-refractivity contribution in [2.75, 3.05) is 24.5 Å². The standard InChI is InChI=1S/C23H28N2O2/c1-17-4-5-18(16-25-12-2-3-23(25)27)15-22(17)24-13-10-20(11-14-24)19-6-8-21(26)9-7-19/h4-9,15,20,26H,2-3,10-14,16H2,1H3. The van der Waals surface area contributed by atoms with Crippen molar-refractivity contribution in [3.63, 3.8) is 0 Å². The van der Waals surface area contributed by atoms with E-state index in [2.05, 4.69) is 42.2 Å². The van der Waals surface area contributed by atoms with Crippen LogP contribution in [0.15, 0.2) is 42.5 Å². The molecule has 0 aromatic heterocycles. The number of hydrogen-bond acceptors (Lipinski definition) is 3. The van der Waals surface area contributed by atoms with Gasteiger partial charge in [-0.25, -0.2) is 0 Å². The van der Waals surface area contributed by atoms with E-state index < -0.39 is 0 Å². The first-order chi connectivity index (χ1) is 13.1. The summed E-state index contributed by atoms with van der Waals surface area (Å²) in [5, 5.41) is 9.49. The molecule has 4 heteroatoms. The Morgan fingerprint density at radius 1 is 1.04 bits per heavy atom. The van der Waals surface area contributed by atoms with Gasteiger partial charge in [0.25, 0.3) is 0 Å². The molecule has 0 radical (unpaired) electrons. The summed E-state index contributed by atoms with van der Waals surface area (Å²) in [5.74, 6) is 1.18. The topological polar surface area (TPSA) is 43.8 Å². The Morgan fingerprint density at radius 2 is 1.78 bits per heavy atom. The lowest BCUT2D eigenvalue weighted by molar-refractivity contribution is -0.128. The molecule has 142 valence electrons. The Labute approximate surface area is 161 Å². The Hall–Kier alpha value is -2.49. The number of benzene rings is 2. The molecule has 1 amide bonds. The minimum Gasteiger partial charge on any atom is -0.508 e. The number of phenols is 1. The number of aromatic hydroxyl groups is 1. The highest BCUT2D eigenvalue weighted by molar-refractivity contribution is 5.78. The molecule has 27 heavy (non-hydrogen) atoms. The molecule has 2 saturated heterocycles. The SMILES string of the molecule is Cc1ccc(CN2CCCC2=O)cc1N1CCC(c2ccc(O)cc2)CC1. The van der Waals surface area contributed by atoms with Crippen molar-refractivity contribution in [3.8, 4) is 5.75 Å². The normalized spacial score (nSPS) is 18.3. The fraction of sp³-hybridized carbons (Fsp3) is 0.435. The first-order valence-electron chi connectivity index (χ1n) is 10.0. The van der Waals surface area contributed by atoms with E-state index in [0.717, 1.165) is 45.4 Å². The molecule has 0 atom stereocenters. The second-order valence-corrected chi connectivity index (χ2v) is 7.89. The maximum Gasteiger partial charge on any atom is 0.222 e. The van der Waals surface area contributed by atoms with Gasteiger partial charge in [0.05, 0.1) is 0 Å². The molecule has 0 saturated carbocycles. The number of rotatable bonds is 4. The van der Waals surface area contributed by atoms with E-state index in [1.807, 2.05) is 4.90 Å². The van der Waals surface area contributed by atoms with Crippen molar-refractivity contribution in [2.45, 2.75) is 45.1 Å². The number of hydrogen-bond donors (Lipinski definition) is 1. The highest BCUT2D eigenvalue weighted by atomic mass is 16.3. The average molecular weight is 364 g/mol. The van der Waals surface area contributed by atoms with Gasteiger partial charge in [0.1, 0.15) is 5.75 Å². The van der Waals surface area contributed by atoms with Crippen LogP contribution in [0.3, 0.4) is 0 Å². The van der Waals surface area contributed by atoms with Crippen molar-refractivity contribution in [2.24, 2.45) is 0 Å². The van der Waals surface area contributed by atoms with Crippen molar-refractivity contribution in [1.29, 1.82) is 0 Å². The largest absolute Gasteiger partial charge is 0.508 e. The van der Waals surface area contributed by atoms with Crippen LogP contribution in [0.4, 0.5) is 5.69 Å². The van der Waals surface area contributed by atoms with Gasteiger partial charge in [-0.15, -0.1) is 0 Å². The number of phenolic OH excluding ortho intramolecular Hbond substituents is 1. The minimum atomic E-state index is 0.284. The lowest BCUT2D eigenvalue weighted by atomic mass is 9.89. The van der Waals surface area contributed by atoms with Gasteiger partial charge in [0, 0.05) is 38.3 Å². The fourth-order valence-corrected chi connectivity index (χ4v) is 4.39. The number of carbonyl (C=O) groups excluding carboxylic acids is 1. The van der Waals surface area contributed by atoms with Crippen molar-refractivity contribution in [1.82, 2.24) is 4.90 Å². The summed E-state index contributed by atoms with van der Waals surface area (Å²) in [6.07, 6.45) is 3.93. The zero-order chi connectivity index (χ0) is 18.8. The second-order valence-electron chi connectivity index (χ2n) is 7.89. The number of aryl methyl sites for hydroxylation is 1. The van der Waals surface area contributed by atoms with Crippen molar-refractivity contribution in [3.05, 3.63) is 59.2 Å². The predicted molar refractivity (Wildman–Crippen MR) is 108 cm³/mol. The van der Waals surface area contributed by atoms with Crippen molar-refractivity contribution < 1.29 is 9.90 Å². The van der Waals surface area contributed by atoms with Crippen LogP contribution in [0.2, 0.25) is 0 Å². The number of nitrogens with zero attached hydrogens (tertiary/aromatic N) is 2. The van der Waals surface area contributed by atoms with Crippen LogP contribution in [0.1, 0.15) is 48.3 Å². The number of carbonyl (C=O) groups is 1. The lowest BCUT2D eigenvalue weighted by Crippen LogP contribution is -2.33. The van der Waals surface area contributed by atoms with Crippen molar-refractivity contribution >= 4 is 11.6 Å². The molecule has 0 unspecified atom stereocenters. The monoisotopic (exact) mass is 364 g/mol. The Balaban J connectivity index is 1.43. The molecule has 1 N–H and O–H groups in total. The van der Waals surface area contributed by atoms with E-state index in [0.29, 0.717) is 18.1 Å². The number of anilines is 1. The molecule has 2 aromatic rings. The third-order valence-electron chi connectivity index (χ3n) is 6.02.